The molecule has 0 radical (unpaired) electrons. The molecular weight excluding hydrogens is 587 g/mol. The van der Waals surface area contributed by atoms with Crippen molar-refractivity contribution in [3.8, 4) is 5.82 Å². The molecule has 0 saturated heterocycles. The zero-order valence-electron chi connectivity index (χ0n) is 19.3. The van der Waals surface area contributed by atoms with E-state index in [1.54, 1.807) is 30.5 Å². The predicted molar refractivity (Wildman–Crippen MR) is 148 cm³/mol. The topological polar surface area (TPSA) is 101 Å². The summed E-state index contributed by atoms with van der Waals surface area (Å²) in [5, 5.41) is 13.8. The first kappa shape index (κ1) is 26.5. The van der Waals surface area contributed by atoms with Gasteiger partial charge in [0.25, 0.3) is 11.8 Å². The summed E-state index contributed by atoms with van der Waals surface area (Å²) in [6.07, 6.45) is 6.83. The van der Waals surface area contributed by atoms with Gasteiger partial charge in [-0.05, 0) is 77.7 Å². The number of amides is 2. The molecule has 12 heteroatoms. The Bertz CT molecular complexity index is 1330. The fourth-order valence-electron chi connectivity index (χ4n) is 4.12. The molecule has 0 unspecified atom stereocenters. The van der Waals surface area contributed by atoms with Crippen LogP contribution in [0, 0.1) is 6.92 Å². The van der Waals surface area contributed by atoms with Crippen LogP contribution in [0.3, 0.4) is 0 Å². The lowest BCUT2D eigenvalue weighted by Crippen LogP contribution is -2.38. The van der Waals surface area contributed by atoms with Crippen LogP contribution in [0.4, 0.5) is 5.69 Å². The molecule has 36 heavy (non-hydrogen) atoms. The molecule has 8 nitrogen and oxygen atoms in total. The highest BCUT2D eigenvalue weighted by Crippen LogP contribution is 2.27. The summed E-state index contributed by atoms with van der Waals surface area (Å²) in [5.41, 5.74) is 1.70. The fraction of sp³-hybridized carbons (Fsp3) is 0.292. The quantitative estimate of drug-likeness (QED) is 0.315. The first-order valence-electron chi connectivity index (χ1n) is 11.3. The second-order valence-corrected chi connectivity index (χ2v) is 10.5. The number of halogens is 3. The van der Waals surface area contributed by atoms with Gasteiger partial charge < -0.3 is 10.6 Å². The largest absolute Gasteiger partial charge is 0.349 e. The van der Waals surface area contributed by atoms with Crippen molar-refractivity contribution in [2.75, 3.05) is 5.32 Å². The standard InChI is InChI=1S/C24H23BrCl2N6O2S/c1-13-10-14(26)11-16(22(34)29-15-6-3-2-4-7-15)20(13)30-24(36)31-23(35)18-12-19(25)32-33(18)21-17(27)8-5-9-28-21/h5,8-12,15H,2-4,6-7H2,1H3,(H,29,34)(H2,30,31,35,36). The number of carbonyl (C=O) groups excluding carboxylic acids is 2. The minimum Gasteiger partial charge on any atom is -0.349 e. The van der Waals surface area contributed by atoms with E-state index in [2.05, 4.69) is 42.0 Å². The Morgan fingerprint density at radius 2 is 1.89 bits per heavy atom. The van der Waals surface area contributed by atoms with Crippen LogP contribution in [0.15, 0.2) is 41.1 Å². The van der Waals surface area contributed by atoms with Gasteiger partial charge in [0.15, 0.2) is 10.9 Å². The predicted octanol–water partition coefficient (Wildman–Crippen LogP) is 5.83. The minimum absolute atomic E-state index is 0.00753. The molecule has 3 N–H and O–H groups in total. The maximum Gasteiger partial charge on any atom is 0.276 e. The van der Waals surface area contributed by atoms with Crippen LogP contribution in [0.1, 0.15) is 58.5 Å². The van der Waals surface area contributed by atoms with Gasteiger partial charge in [0.05, 0.1) is 16.3 Å². The van der Waals surface area contributed by atoms with Gasteiger partial charge in [-0.2, -0.15) is 5.10 Å². The van der Waals surface area contributed by atoms with Gasteiger partial charge >= 0.3 is 0 Å². The molecule has 1 saturated carbocycles. The molecule has 1 fully saturated rings. The molecule has 3 aromatic rings. The van der Waals surface area contributed by atoms with Crippen molar-refractivity contribution >= 4 is 74.0 Å². The van der Waals surface area contributed by atoms with Crippen LogP contribution in [0.2, 0.25) is 10.0 Å². The monoisotopic (exact) mass is 608 g/mol. The van der Waals surface area contributed by atoms with E-state index in [-0.39, 0.29) is 22.8 Å². The van der Waals surface area contributed by atoms with Crippen LogP contribution < -0.4 is 16.0 Å². The van der Waals surface area contributed by atoms with E-state index >= 15 is 0 Å². The summed E-state index contributed by atoms with van der Waals surface area (Å²) in [6.45, 7) is 1.81. The minimum atomic E-state index is -0.535. The van der Waals surface area contributed by atoms with Crippen molar-refractivity contribution in [1.29, 1.82) is 0 Å². The fourth-order valence-corrected chi connectivity index (χ4v) is 5.16. The Balaban J connectivity index is 1.53. The number of aryl methyl sites for hydroxylation is 1. The van der Waals surface area contributed by atoms with E-state index in [0.29, 0.717) is 37.3 Å². The van der Waals surface area contributed by atoms with Gasteiger partial charge in [-0.15, -0.1) is 0 Å². The first-order chi connectivity index (χ1) is 17.2. The Kier molecular flexibility index (Phi) is 8.61. The van der Waals surface area contributed by atoms with Gasteiger partial charge in [0.1, 0.15) is 10.3 Å². The summed E-state index contributed by atoms with van der Waals surface area (Å²) in [7, 11) is 0. The maximum atomic E-state index is 13.1. The van der Waals surface area contributed by atoms with Crippen LogP contribution in [0.25, 0.3) is 5.82 Å². The molecule has 188 valence electrons. The van der Waals surface area contributed by atoms with Crippen LogP contribution in [-0.2, 0) is 0 Å². The molecule has 2 aromatic heterocycles. The lowest BCUT2D eigenvalue weighted by Gasteiger charge is -2.24. The average molecular weight is 610 g/mol. The molecule has 2 heterocycles. The van der Waals surface area contributed by atoms with E-state index < -0.39 is 5.91 Å². The SMILES string of the molecule is Cc1cc(Cl)cc(C(=O)NC2CCCCC2)c1NC(=S)NC(=O)c1cc(Br)nn1-c1ncccc1Cl. The first-order valence-corrected chi connectivity index (χ1v) is 13.3. The normalized spacial score (nSPS) is 13.8. The van der Waals surface area contributed by atoms with Crippen molar-refractivity contribution < 1.29 is 9.59 Å². The zero-order chi connectivity index (χ0) is 25.8. The molecule has 0 bridgehead atoms. The summed E-state index contributed by atoms with van der Waals surface area (Å²) < 4.78 is 1.74. The Morgan fingerprint density at radius 1 is 1.14 bits per heavy atom. The van der Waals surface area contributed by atoms with Crippen LogP contribution >= 0.6 is 51.3 Å². The lowest BCUT2D eigenvalue weighted by atomic mass is 9.95. The number of aromatic nitrogens is 3. The molecule has 1 aromatic carbocycles. The lowest BCUT2D eigenvalue weighted by molar-refractivity contribution is 0.0927. The number of hydrogen-bond donors (Lipinski definition) is 3. The van der Waals surface area contributed by atoms with Crippen molar-refractivity contribution in [2.45, 2.75) is 45.1 Å². The third-order valence-corrected chi connectivity index (χ3v) is 6.91. The second kappa shape index (κ2) is 11.7. The Labute approximate surface area is 232 Å². The number of benzene rings is 1. The van der Waals surface area contributed by atoms with Crippen molar-refractivity contribution in [3.63, 3.8) is 0 Å². The molecule has 2 amide bonds. The number of carbonyl (C=O) groups is 2. The van der Waals surface area contributed by atoms with Gasteiger partial charge in [0, 0.05) is 23.3 Å². The van der Waals surface area contributed by atoms with E-state index in [1.165, 1.54) is 17.2 Å². The smallest absolute Gasteiger partial charge is 0.276 e. The van der Waals surface area contributed by atoms with Gasteiger partial charge in [-0.1, -0.05) is 42.5 Å². The highest BCUT2D eigenvalue weighted by atomic mass is 79.9. The molecule has 0 spiro atoms. The number of anilines is 1. The third kappa shape index (κ3) is 6.23. The Morgan fingerprint density at radius 3 is 2.61 bits per heavy atom. The van der Waals surface area contributed by atoms with Crippen LogP contribution in [-0.4, -0.2) is 37.7 Å². The number of pyridine rings is 1. The number of hydrogen-bond acceptors (Lipinski definition) is 5. The Hall–Kier alpha value is -2.53. The van der Waals surface area contributed by atoms with E-state index in [9.17, 15) is 9.59 Å². The number of nitrogens with one attached hydrogen (secondary N) is 3. The summed E-state index contributed by atoms with van der Waals surface area (Å²) in [6, 6.07) is 8.30. The molecule has 0 atom stereocenters. The average Bonchev–Trinajstić information content (AvgIpc) is 3.23. The van der Waals surface area contributed by atoms with E-state index in [0.717, 1.165) is 25.7 Å². The number of thiocarbonyl (C=S) groups is 1. The molecule has 1 aliphatic carbocycles. The highest BCUT2D eigenvalue weighted by Gasteiger charge is 2.23. The molecule has 4 rings (SSSR count). The van der Waals surface area contributed by atoms with Gasteiger partial charge in [-0.3, -0.25) is 14.9 Å². The van der Waals surface area contributed by atoms with E-state index in [1.807, 2.05) is 6.92 Å². The highest BCUT2D eigenvalue weighted by molar-refractivity contribution is 9.10. The number of nitrogens with zero attached hydrogens (tertiary/aromatic N) is 3. The summed E-state index contributed by atoms with van der Waals surface area (Å²) in [4.78, 5) is 30.4. The number of rotatable bonds is 5. The summed E-state index contributed by atoms with van der Waals surface area (Å²) in [5.74, 6) is -0.479. The van der Waals surface area contributed by atoms with E-state index in [4.69, 9.17) is 35.4 Å². The van der Waals surface area contributed by atoms with Crippen molar-refractivity contribution in [3.05, 3.63) is 68.0 Å². The van der Waals surface area contributed by atoms with Crippen molar-refractivity contribution in [1.82, 2.24) is 25.4 Å². The molecular formula is C24H23BrCl2N6O2S. The van der Waals surface area contributed by atoms with Crippen molar-refractivity contribution in [2.24, 2.45) is 0 Å². The zero-order valence-corrected chi connectivity index (χ0v) is 23.2. The second-order valence-electron chi connectivity index (χ2n) is 8.43. The third-order valence-electron chi connectivity index (χ3n) is 5.80. The molecule has 0 aliphatic heterocycles. The summed E-state index contributed by atoms with van der Waals surface area (Å²) >= 11 is 21.2. The van der Waals surface area contributed by atoms with Gasteiger partial charge in [-0.25, -0.2) is 9.67 Å². The van der Waals surface area contributed by atoms with Gasteiger partial charge in [0.2, 0.25) is 0 Å². The maximum absolute atomic E-state index is 13.1. The van der Waals surface area contributed by atoms with Crippen LogP contribution in [0.5, 0.6) is 0 Å². The molecule has 1 aliphatic rings.